The quantitative estimate of drug-likeness (QED) is 0.723. The van der Waals surface area contributed by atoms with Gasteiger partial charge in [0.1, 0.15) is 18.1 Å². The van der Waals surface area contributed by atoms with Gasteiger partial charge in [-0.25, -0.2) is 0 Å². The fourth-order valence-electron chi connectivity index (χ4n) is 2.42. The molecular formula is C20H19NO4. The van der Waals surface area contributed by atoms with E-state index >= 15 is 0 Å². The van der Waals surface area contributed by atoms with E-state index in [0.29, 0.717) is 17.0 Å². The van der Waals surface area contributed by atoms with E-state index in [-0.39, 0.29) is 18.3 Å². The number of ether oxygens (including phenoxy) is 2. The summed E-state index contributed by atoms with van der Waals surface area (Å²) in [5, 5.41) is 2.83. The van der Waals surface area contributed by atoms with Crippen LogP contribution in [0.5, 0.6) is 11.5 Å². The minimum Gasteiger partial charge on any atom is -0.495 e. The van der Waals surface area contributed by atoms with Gasteiger partial charge in [-0.3, -0.25) is 4.79 Å². The predicted octanol–water partition coefficient (Wildman–Crippen LogP) is 4.43. The number of methoxy groups -OCH3 is 1. The van der Waals surface area contributed by atoms with Gasteiger partial charge in [-0.15, -0.1) is 0 Å². The van der Waals surface area contributed by atoms with Crippen LogP contribution in [0.4, 0.5) is 5.69 Å². The van der Waals surface area contributed by atoms with Crippen molar-refractivity contribution in [3.8, 4) is 11.5 Å². The van der Waals surface area contributed by atoms with Crippen LogP contribution in [-0.4, -0.2) is 13.0 Å². The van der Waals surface area contributed by atoms with E-state index < -0.39 is 0 Å². The number of hydrogen-bond donors (Lipinski definition) is 1. The Morgan fingerprint density at radius 2 is 1.92 bits per heavy atom. The third-order valence-electron chi connectivity index (χ3n) is 3.69. The molecule has 2 aromatic carbocycles. The molecule has 3 rings (SSSR count). The zero-order chi connectivity index (χ0) is 17.6. The maximum atomic E-state index is 12.6. The first-order valence-electron chi connectivity index (χ1n) is 7.87. The fourth-order valence-corrected chi connectivity index (χ4v) is 2.42. The van der Waals surface area contributed by atoms with Crippen molar-refractivity contribution >= 4 is 11.6 Å². The van der Waals surface area contributed by atoms with Crippen molar-refractivity contribution < 1.29 is 18.7 Å². The third kappa shape index (κ3) is 4.01. The second-order valence-corrected chi connectivity index (χ2v) is 5.53. The van der Waals surface area contributed by atoms with E-state index in [1.165, 1.54) is 6.26 Å². The molecule has 0 atom stereocenters. The lowest BCUT2D eigenvalue weighted by molar-refractivity contribution is 0.0993. The molecule has 0 aliphatic rings. The van der Waals surface area contributed by atoms with Gasteiger partial charge >= 0.3 is 0 Å². The Morgan fingerprint density at radius 1 is 1.12 bits per heavy atom. The second-order valence-electron chi connectivity index (χ2n) is 5.53. The number of aryl methyl sites for hydroxylation is 1. The minimum atomic E-state index is -0.347. The van der Waals surface area contributed by atoms with Crippen molar-refractivity contribution in [2.24, 2.45) is 0 Å². The van der Waals surface area contributed by atoms with Crippen LogP contribution < -0.4 is 14.8 Å². The molecule has 0 aliphatic carbocycles. The van der Waals surface area contributed by atoms with Crippen molar-refractivity contribution in [3.05, 3.63) is 77.7 Å². The van der Waals surface area contributed by atoms with Gasteiger partial charge in [0.05, 0.1) is 19.1 Å². The first-order valence-corrected chi connectivity index (χ1v) is 7.87. The summed E-state index contributed by atoms with van der Waals surface area (Å²) < 4.78 is 16.3. The first-order chi connectivity index (χ1) is 12.2. The van der Waals surface area contributed by atoms with Gasteiger partial charge in [-0.05, 0) is 42.8 Å². The monoisotopic (exact) mass is 337 g/mol. The van der Waals surface area contributed by atoms with Gasteiger partial charge in [0.15, 0.2) is 5.76 Å². The van der Waals surface area contributed by atoms with Crippen molar-refractivity contribution in [3.63, 3.8) is 0 Å². The predicted molar refractivity (Wildman–Crippen MR) is 95.2 cm³/mol. The Kier molecular flexibility index (Phi) is 5.04. The van der Waals surface area contributed by atoms with Crippen LogP contribution in [0, 0.1) is 6.92 Å². The third-order valence-corrected chi connectivity index (χ3v) is 3.69. The molecule has 0 radical (unpaired) electrons. The van der Waals surface area contributed by atoms with Gasteiger partial charge in [0.25, 0.3) is 5.91 Å². The average molecular weight is 337 g/mol. The molecule has 128 valence electrons. The van der Waals surface area contributed by atoms with Gasteiger partial charge in [0, 0.05) is 5.56 Å². The van der Waals surface area contributed by atoms with Crippen molar-refractivity contribution in [1.82, 2.24) is 0 Å². The highest BCUT2D eigenvalue weighted by atomic mass is 16.5. The number of hydrogen-bond acceptors (Lipinski definition) is 4. The molecule has 1 heterocycles. The molecule has 0 saturated heterocycles. The zero-order valence-electron chi connectivity index (χ0n) is 14.1. The first kappa shape index (κ1) is 16.6. The van der Waals surface area contributed by atoms with Crippen LogP contribution in [-0.2, 0) is 6.61 Å². The zero-order valence-corrected chi connectivity index (χ0v) is 14.1. The second kappa shape index (κ2) is 7.57. The van der Waals surface area contributed by atoms with E-state index in [4.69, 9.17) is 13.9 Å². The van der Waals surface area contributed by atoms with Gasteiger partial charge in [0.2, 0.25) is 0 Å². The summed E-state index contributed by atoms with van der Waals surface area (Å²) in [6.07, 6.45) is 1.48. The molecular weight excluding hydrogens is 318 g/mol. The number of nitrogens with one attached hydrogen (secondary N) is 1. The summed E-state index contributed by atoms with van der Waals surface area (Å²) in [4.78, 5) is 12.6. The molecule has 0 spiro atoms. The minimum absolute atomic E-state index is 0.222. The van der Waals surface area contributed by atoms with Gasteiger partial charge in [-0.1, -0.05) is 24.3 Å². The summed E-state index contributed by atoms with van der Waals surface area (Å²) in [6, 6.07) is 16.7. The van der Waals surface area contributed by atoms with E-state index in [2.05, 4.69) is 5.32 Å². The van der Waals surface area contributed by atoms with Crippen LogP contribution in [0.25, 0.3) is 0 Å². The number of carbonyl (C=O) groups excluding carboxylic acids is 1. The highest BCUT2D eigenvalue weighted by molar-refractivity contribution is 6.04. The molecule has 1 aromatic heterocycles. The number of carbonyl (C=O) groups is 1. The SMILES string of the molecule is COc1ccc(C)cc1NC(=O)c1occc1COc1ccccc1. The van der Waals surface area contributed by atoms with Crippen molar-refractivity contribution in [2.75, 3.05) is 12.4 Å². The number of anilines is 1. The molecule has 0 bridgehead atoms. The summed E-state index contributed by atoms with van der Waals surface area (Å²) in [6.45, 7) is 2.19. The number of amides is 1. The van der Waals surface area contributed by atoms with Crippen molar-refractivity contribution in [2.45, 2.75) is 13.5 Å². The van der Waals surface area contributed by atoms with E-state index in [9.17, 15) is 4.79 Å². The molecule has 5 nitrogen and oxygen atoms in total. The van der Waals surface area contributed by atoms with E-state index in [1.807, 2.05) is 55.5 Å². The summed E-state index contributed by atoms with van der Waals surface area (Å²) in [5.74, 6) is 1.20. The van der Waals surface area contributed by atoms with Crippen LogP contribution in [0.2, 0.25) is 0 Å². The smallest absolute Gasteiger partial charge is 0.291 e. The summed E-state index contributed by atoms with van der Waals surface area (Å²) >= 11 is 0. The topological polar surface area (TPSA) is 60.7 Å². The summed E-state index contributed by atoms with van der Waals surface area (Å²) in [7, 11) is 1.56. The van der Waals surface area contributed by atoms with Crippen LogP contribution in [0.15, 0.2) is 65.3 Å². The lowest BCUT2D eigenvalue weighted by atomic mass is 10.2. The van der Waals surface area contributed by atoms with E-state index in [0.717, 1.165) is 11.3 Å². The highest BCUT2D eigenvalue weighted by Gasteiger charge is 2.17. The maximum Gasteiger partial charge on any atom is 0.291 e. The number of para-hydroxylation sites is 1. The standard InChI is InChI=1S/C20H19NO4/c1-14-8-9-18(23-2)17(12-14)21-20(22)19-15(10-11-24-19)13-25-16-6-4-3-5-7-16/h3-12H,13H2,1-2H3,(H,21,22). The van der Waals surface area contributed by atoms with Gasteiger partial charge in [-0.2, -0.15) is 0 Å². The molecule has 3 aromatic rings. The molecule has 0 unspecified atom stereocenters. The molecule has 5 heteroatoms. The Hall–Kier alpha value is -3.21. The highest BCUT2D eigenvalue weighted by Crippen LogP contribution is 2.26. The van der Waals surface area contributed by atoms with E-state index in [1.54, 1.807) is 13.2 Å². The van der Waals surface area contributed by atoms with Crippen LogP contribution in [0.1, 0.15) is 21.7 Å². The lowest BCUT2D eigenvalue weighted by Crippen LogP contribution is -2.14. The average Bonchev–Trinajstić information content (AvgIpc) is 3.10. The number of benzene rings is 2. The normalized spacial score (nSPS) is 10.3. The molecule has 0 fully saturated rings. The van der Waals surface area contributed by atoms with Crippen molar-refractivity contribution in [1.29, 1.82) is 0 Å². The molecule has 0 saturated carbocycles. The van der Waals surface area contributed by atoms with Crippen LogP contribution in [0.3, 0.4) is 0 Å². The molecule has 0 aliphatic heterocycles. The summed E-state index contributed by atoms with van der Waals surface area (Å²) in [5.41, 5.74) is 2.29. The Balaban J connectivity index is 1.73. The number of furan rings is 1. The Labute approximate surface area is 146 Å². The fraction of sp³-hybridized carbons (Fsp3) is 0.150. The van der Waals surface area contributed by atoms with Crippen LogP contribution >= 0.6 is 0 Å². The number of rotatable bonds is 6. The maximum absolute atomic E-state index is 12.6. The largest absolute Gasteiger partial charge is 0.495 e. The molecule has 1 amide bonds. The Bertz CT molecular complexity index is 855. The molecule has 1 N–H and O–H groups in total. The van der Waals surface area contributed by atoms with Gasteiger partial charge < -0.3 is 19.2 Å². The Morgan fingerprint density at radius 3 is 2.68 bits per heavy atom. The molecule has 25 heavy (non-hydrogen) atoms. The lowest BCUT2D eigenvalue weighted by Gasteiger charge is -2.11.